The minimum atomic E-state index is -0.871. The molecule has 1 heterocycles. The number of hydrogen-bond donors (Lipinski definition) is 1. The number of benzene rings is 1. The maximum Gasteiger partial charge on any atom is 0.242 e. The molecule has 3 rings (SSSR count). The smallest absolute Gasteiger partial charge is 0.242 e. The molecule has 124 valence electrons. The lowest BCUT2D eigenvalue weighted by molar-refractivity contribution is -0.136. The van der Waals surface area contributed by atoms with Gasteiger partial charge in [0.1, 0.15) is 5.41 Å². The van der Waals surface area contributed by atoms with E-state index in [9.17, 15) is 9.59 Å². The maximum absolute atomic E-state index is 12.9. The predicted molar refractivity (Wildman–Crippen MR) is 88.1 cm³/mol. The van der Waals surface area contributed by atoms with Crippen molar-refractivity contribution in [2.24, 2.45) is 5.41 Å². The summed E-state index contributed by atoms with van der Waals surface area (Å²) in [4.78, 5) is 27.2. The number of para-hydroxylation sites is 1. The van der Waals surface area contributed by atoms with Crippen LogP contribution in [0, 0.1) is 5.41 Å². The second kappa shape index (κ2) is 6.71. The number of hydrogen-bond acceptors (Lipinski definition) is 3. The summed E-state index contributed by atoms with van der Waals surface area (Å²) >= 11 is 0. The molecule has 0 spiro atoms. The van der Waals surface area contributed by atoms with E-state index in [2.05, 4.69) is 5.32 Å². The van der Waals surface area contributed by atoms with Crippen LogP contribution in [0.1, 0.15) is 32.6 Å². The summed E-state index contributed by atoms with van der Waals surface area (Å²) < 4.78 is 5.52. The van der Waals surface area contributed by atoms with E-state index in [1.807, 2.05) is 37.3 Å². The van der Waals surface area contributed by atoms with Gasteiger partial charge in [-0.2, -0.15) is 0 Å². The second-order valence-electron chi connectivity index (χ2n) is 6.31. The van der Waals surface area contributed by atoms with Gasteiger partial charge in [-0.3, -0.25) is 9.59 Å². The Labute approximate surface area is 137 Å². The molecule has 1 atom stereocenters. The first kappa shape index (κ1) is 16.0. The number of anilines is 1. The van der Waals surface area contributed by atoms with E-state index in [4.69, 9.17) is 4.74 Å². The molecule has 0 bridgehead atoms. The predicted octanol–water partition coefficient (Wildman–Crippen LogP) is 2.11. The maximum atomic E-state index is 12.9. The van der Waals surface area contributed by atoms with E-state index in [-0.39, 0.29) is 17.9 Å². The fraction of sp³-hybridized carbons (Fsp3) is 0.556. The summed E-state index contributed by atoms with van der Waals surface area (Å²) in [5.41, 5.74) is -0.0250. The molecule has 1 unspecified atom stereocenters. The summed E-state index contributed by atoms with van der Waals surface area (Å²) in [6.45, 7) is 3.77. The number of amides is 2. The van der Waals surface area contributed by atoms with E-state index in [1.165, 1.54) is 0 Å². The molecule has 2 amide bonds. The molecule has 1 aliphatic carbocycles. The largest absolute Gasteiger partial charge is 0.376 e. The molecule has 5 nitrogen and oxygen atoms in total. The Bertz CT molecular complexity index is 563. The summed E-state index contributed by atoms with van der Waals surface area (Å²) in [5.74, 6) is -0.233. The van der Waals surface area contributed by atoms with Crippen LogP contribution in [0.5, 0.6) is 0 Å². The molecule has 1 aliphatic heterocycles. The van der Waals surface area contributed by atoms with Crippen LogP contribution in [0.4, 0.5) is 5.69 Å². The molecule has 2 aliphatic rings. The highest BCUT2D eigenvalue weighted by Crippen LogP contribution is 2.48. The van der Waals surface area contributed by atoms with Gasteiger partial charge in [-0.1, -0.05) is 18.2 Å². The highest BCUT2D eigenvalue weighted by molar-refractivity contribution is 6.14. The Morgan fingerprint density at radius 3 is 2.61 bits per heavy atom. The third-order valence-corrected chi connectivity index (χ3v) is 4.74. The standard InChI is InChI=1S/C18H24N2O3/c1-2-20(14-7-4-3-5-8-14)17(22)18(10-11-18)16(21)19-13-15-9-6-12-23-15/h3-5,7-8,15H,2,6,9-13H2,1H3,(H,19,21). The van der Waals surface area contributed by atoms with Crippen molar-refractivity contribution >= 4 is 17.5 Å². The van der Waals surface area contributed by atoms with E-state index >= 15 is 0 Å². The van der Waals surface area contributed by atoms with Crippen LogP contribution in [-0.4, -0.2) is 37.6 Å². The number of nitrogens with zero attached hydrogens (tertiary/aromatic N) is 1. The van der Waals surface area contributed by atoms with Gasteiger partial charge in [0.2, 0.25) is 11.8 Å². The van der Waals surface area contributed by atoms with Crippen LogP contribution in [0.25, 0.3) is 0 Å². The Morgan fingerprint density at radius 2 is 2.04 bits per heavy atom. The van der Waals surface area contributed by atoms with Gasteiger partial charge < -0.3 is 15.0 Å². The van der Waals surface area contributed by atoms with Crippen molar-refractivity contribution in [2.45, 2.75) is 38.7 Å². The zero-order valence-corrected chi connectivity index (χ0v) is 13.6. The van der Waals surface area contributed by atoms with Gasteiger partial charge in [0, 0.05) is 25.4 Å². The Morgan fingerprint density at radius 1 is 1.30 bits per heavy atom. The van der Waals surface area contributed by atoms with Gasteiger partial charge in [0.05, 0.1) is 6.10 Å². The zero-order chi connectivity index (χ0) is 16.3. The van der Waals surface area contributed by atoms with Crippen molar-refractivity contribution in [3.63, 3.8) is 0 Å². The molecule has 1 N–H and O–H groups in total. The van der Waals surface area contributed by atoms with Crippen LogP contribution >= 0.6 is 0 Å². The van der Waals surface area contributed by atoms with Gasteiger partial charge in [-0.25, -0.2) is 0 Å². The molecular weight excluding hydrogens is 292 g/mol. The molecular formula is C18H24N2O3. The van der Waals surface area contributed by atoms with Crippen molar-refractivity contribution in [1.29, 1.82) is 0 Å². The van der Waals surface area contributed by atoms with E-state index in [0.717, 1.165) is 25.1 Å². The van der Waals surface area contributed by atoms with E-state index in [1.54, 1.807) is 4.90 Å². The fourth-order valence-electron chi connectivity index (χ4n) is 3.15. The molecule has 0 radical (unpaired) electrons. The lowest BCUT2D eigenvalue weighted by Crippen LogP contribution is -2.46. The van der Waals surface area contributed by atoms with Crippen LogP contribution in [0.3, 0.4) is 0 Å². The number of nitrogens with one attached hydrogen (secondary N) is 1. The Hall–Kier alpha value is -1.88. The minimum Gasteiger partial charge on any atom is -0.376 e. The number of carbonyl (C=O) groups is 2. The summed E-state index contributed by atoms with van der Waals surface area (Å²) in [6, 6.07) is 9.54. The van der Waals surface area contributed by atoms with Crippen molar-refractivity contribution in [2.75, 3.05) is 24.6 Å². The minimum absolute atomic E-state index is 0.0870. The van der Waals surface area contributed by atoms with Crippen LogP contribution in [0.15, 0.2) is 30.3 Å². The highest BCUT2D eigenvalue weighted by atomic mass is 16.5. The monoisotopic (exact) mass is 316 g/mol. The first-order chi connectivity index (χ1) is 11.2. The number of carbonyl (C=O) groups excluding carboxylic acids is 2. The van der Waals surface area contributed by atoms with Crippen LogP contribution in [-0.2, 0) is 14.3 Å². The number of rotatable bonds is 6. The van der Waals surface area contributed by atoms with Crippen molar-refractivity contribution in [3.8, 4) is 0 Å². The van der Waals surface area contributed by atoms with Crippen LogP contribution < -0.4 is 10.2 Å². The zero-order valence-electron chi connectivity index (χ0n) is 13.6. The quantitative estimate of drug-likeness (QED) is 0.818. The molecule has 0 aromatic heterocycles. The molecule has 5 heteroatoms. The SMILES string of the molecule is CCN(C(=O)C1(C(=O)NCC2CCCO2)CC1)c1ccccc1. The van der Waals surface area contributed by atoms with Gasteiger partial charge in [-0.05, 0) is 44.7 Å². The third-order valence-electron chi connectivity index (χ3n) is 4.74. The van der Waals surface area contributed by atoms with Crippen molar-refractivity contribution in [3.05, 3.63) is 30.3 Å². The molecule has 1 aromatic carbocycles. The summed E-state index contributed by atoms with van der Waals surface area (Å²) in [7, 11) is 0. The first-order valence-corrected chi connectivity index (χ1v) is 8.44. The number of ether oxygens (including phenoxy) is 1. The van der Waals surface area contributed by atoms with E-state index in [0.29, 0.717) is 25.9 Å². The average Bonchev–Trinajstić information content (AvgIpc) is 3.23. The summed E-state index contributed by atoms with van der Waals surface area (Å²) in [5, 5.41) is 2.93. The summed E-state index contributed by atoms with van der Waals surface area (Å²) in [6.07, 6.45) is 3.38. The molecule has 2 fully saturated rings. The fourth-order valence-corrected chi connectivity index (χ4v) is 3.15. The van der Waals surface area contributed by atoms with Crippen molar-refractivity contribution < 1.29 is 14.3 Å². The Balaban J connectivity index is 1.66. The van der Waals surface area contributed by atoms with Crippen molar-refractivity contribution in [1.82, 2.24) is 5.32 Å². The van der Waals surface area contributed by atoms with Gasteiger partial charge in [0.15, 0.2) is 0 Å². The topological polar surface area (TPSA) is 58.6 Å². The Kier molecular flexibility index (Phi) is 4.66. The lowest BCUT2D eigenvalue weighted by Gasteiger charge is -2.26. The first-order valence-electron chi connectivity index (χ1n) is 8.44. The molecule has 23 heavy (non-hydrogen) atoms. The van der Waals surface area contributed by atoms with Crippen LogP contribution in [0.2, 0.25) is 0 Å². The lowest BCUT2D eigenvalue weighted by atomic mass is 10.0. The van der Waals surface area contributed by atoms with Gasteiger partial charge in [0.25, 0.3) is 0 Å². The molecule has 1 aromatic rings. The van der Waals surface area contributed by atoms with Gasteiger partial charge in [-0.15, -0.1) is 0 Å². The molecule has 1 saturated carbocycles. The van der Waals surface area contributed by atoms with Gasteiger partial charge >= 0.3 is 0 Å². The van der Waals surface area contributed by atoms with E-state index < -0.39 is 5.41 Å². The average molecular weight is 316 g/mol. The molecule has 1 saturated heterocycles. The normalized spacial score (nSPS) is 21.7. The highest BCUT2D eigenvalue weighted by Gasteiger charge is 2.58. The third kappa shape index (κ3) is 3.24. The second-order valence-corrected chi connectivity index (χ2v) is 6.31.